The molecule has 5 aromatic rings. The van der Waals surface area contributed by atoms with Gasteiger partial charge in [-0.05, 0) is 56.2 Å². The lowest BCUT2D eigenvalue weighted by molar-refractivity contribution is 0.0982. The Balaban J connectivity index is 1.84. The average Bonchev–Trinajstić information content (AvgIpc) is 3.16. The van der Waals surface area contributed by atoms with Gasteiger partial charge in [0.15, 0.2) is 5.69 Å². The minimum atomic E-state index is -0.253. The number of aromatic nitrogens is 3. The van der Waals surface area contributed by atoms with E-state index in [4.69, 9.17) is 5.10 Å². The molecule has 176 valence electrons. The largest absolute Gasteiger partial charge is 0.339 e. The molecule has 3 aromatic carbocycles. The van der Waals surface area contributed by atoms with Gasteiger partial charge in [0.05, 0.1) is 5.69 Å². The SMILES string of the molecule is CCCN(C(=O)c1nn(-c2ccc(C)cc2)c(=O)c2c1c1ccccc1n2C)c1cccc(C)c1. The van der Waals surface area contributed by atoms with Crippen molar-refractivity contribution in [2.24, 2.45) is 7.05 Å². The Kier molecular flexibility index (Phi) is 5.73. The fraction of sp³-hybridized carbons (Fsp3) is 0.207. The van der Waals surface area contributed by atoms with E-state index in [1.54, 1.807) is 4.90 Å². The van der Waals surface area contributed by atoms with Gasteiger partial charge in [-0.15, -0.1) is 0 Å². The normalized spacial score (nSPS) is 11.3. The standard InChI is InChI=1S/C29H28N4O2/c1-5-17-32(22-10-8-9-20(3)18-22)28(34)26-25-23-11-6-7-12-24(23)31(4)27(25)29(35)33(30-26)21-15-13-19(2)14-16-21/h6-16,18H,5,17H2,1-4H3. The average molecular weight is 465 g/mol. The van der Waals surface area contributed by atoms with Crippen LogP contribution < -0.4 is 10.5 Å². The van der Waals surface area contributed by atoms with Crippen molar-refractivity contribution in [1.29, 1.82) is 0 Å². The first-order chi connectivity index (χ1) is 16.9. The number of hydrogen-bond donors (Lipinski definition) is 0. The second kappa shape index (κ2) is 8.87. The summed E-state index contributed by atoms with van der Waals surface area (Å²) < 4.78 is 3.22. The molecule has 0 saturated heterocycles. The third-order valence-corrected chi connectivity index (χ3v) is 6.43. The highest BCUT2D eigenvalue weighted by molar-refractivity contribution is 6.20. The van der Waals surface area contributed by atoms with Crippen molar-refractivity contribution in [2.45, 2.75) is 27.2 Å². The number of carbonyl (C=O) groups excluding carboxylic acids is 1. The summed E-state index contributed by atoms with van der Waals surface area (Å²) in [5.74, 6) is -0.223. The first kappa shape index (κ1) is 22.6. The van der Waals surface area contributed by atoms with E-state index in [-0.39, 0.29) is 17.2 Å². The summed E-state index contributed by atoms with van der Waals surface area (Å²) >= 11 is 0. The van der Waals surface area contributed by atoms with Gasteiger partial charge in [0.1, 0.15) is 5.52 Å². The molecule has 0 spiro atoms. The van der Waals surface area contributed by atoms with Crippen LogP contribution in [0, 0.1) is 13.8 Å². The Hall–Kier alpha value is -4.19. The lowest BCUT2D eigenvalue weighted by atomic mass is 10.1. The molecule has 2 aromatic heterocycles. The Morgan fingerprint density at radius 1 is 0.943 bits per heavy atom. The van der Waals surface area contributed by atoms with Crippen molar-refractivity contribution >= 4 is 33.4 Å². The Labute approximate surface area is 204 Å². The van der Waals surface area contributed by atoms with Gasteiger partial charge >= 0.3 is 0 Å². The van der Waals surface area contributed by atoms with Gasteiger partial charge in [0.25, 0.3) is 11.5 Å². The molecule has 0 N–H and O–H groups in total. The van der Waals surface area contributed by atoms with E-state index in [1.165, 1.54) is 4.68 Å². The number of para-hydroxylation sites is 1. The maximum atomic E-state index is 14.2. The molecule has 1 amide bonds. The maximum absolute atomic E-state index is 14.2. The van der Waals surface area contributed by atoms with Crippen LogP contribution in [0.5, 0.6) is 0 Å². The summed E-state index contributed by atoms with van der Waals surface area (Å²) in [5.41, 5.74) is 4.96. The Morgan fingerprint density at radius 3 is 2.40 bits per heavy atom. The van der Waals surface area contributed by atoms with Crippen LogP contribution in [0.3, 0.4) is 0 Å². The Morgan fingerprint density at radius 2 is 1.69 bits per heavy atom. The molecule has 2 heterocycles. The summed E-state index contributed by atoms with van der Waals surface area (Å²) in [5, 5.41) is 6.15. The van der Waals surface area contributed by atoms with E-state index in [0.29, 0.717) is 23.1 Å². The van der Waals surface area contributed by atoms with Crippen LogP contribution >= 0.6 is 0 Å². The first-order valence-electron chi connectivity index (χ1n) is 11.9. The van der Waals surface area contributed by atoms with Crippen LogP contribution in [-0.2, 0) is 7.05 Å². The predicted molar refractivity (Wildman–Crippen MR) is 142 cm³/mol. The molecular weight excluding hydrogens is 436 g/mol. The summed E-state index contributed by atoms with van der Waals surface area (Å²) in [6.07, 6.45) is 0.788. The molecule has 6 heteroatoms. The number of carbonyl (C=O) groups is 1. The van der Waals surface area contributed by atoms with Gasteiger partial charge in [-0.2, -0.15) is 9.78 Å². The van der Waals surface area contributed by atoms with Crippen LogP contribution in [0.15, 0.2) is 77.6 Å². The second-order valence-electron chi connectivity index (χ2n) is 9.00. The van der Waals surface area contributed by atoms with Crippen molar-refractivity contribution in [2.75, 3.05) is 11.4 Å². The third kappa shape index (κ3) is 3.81. The number of aryl methyl sites for hydroxylation is 3. The lowest BCUT2D eigenvalue weighted by Gasteiger charge is -2.23. The van der Waals surface area contributed by atoms with Gasteiger partial charge in [0.2, 0.25) is 0 Å². The zero-order valence-electron chi connectivity index (χ0n) is 20.4. The van der Waals surface area contributed by atoms with E-state index >= 15 is 0 Å². The minimum absolute atomic E-state index is 0.223. The fourth-order valence-electron chi connectivity index (χ4n) is 4.68. The molecule has 5 rings (SSSR count). The second-order valence-corrected chi connectivity index (χ2v) is 9.00. The molecule has 0 aliphatic rings. The first-order valence-corrected chi connectivity index (χ1v) is 11.9. The van der Waals surface area contributed by atoms with Crippen LogP contribution in [-0.4, -0.2) is 26.8 Å². The number of nitrogens with zero attached hydrogens (tertiary/aromatic N) is 4. The van der Waals surface area contributed by atoms with Crippen molar-refractivity contribution in [3.8, 4) is 5.69 Å². The molecule has 0 saturated carbocycles. The number of rotatable bonds is 5. The van der Waals surface area contributed by atoms with Gasteiger partial charge in [0, 0.05) is 35.6 Å². The van der Waals surface area contributed by atoms with Crippen molar-refractivity contribution in [3.05, 3.63) is 100.0 Å². The third-order valence-electron chi connectivity index (χ3n) is 6.43. The van der Waals surface area contributed by atoms with Crippen molar-refractivity contribution < 1.29 is 4.79 Å². The van der Waals surface area contributed by atoms with Crippen LogP contribution in [0.1, 0.15) is 35.0 Å². The van der Waals surface area contributed by atoms with Crippen LogP contribution in [0.4, 0.5) is 5.69 Å². The van der Waals surface area contributed by atoms with Gasteiger partial charge in [-0.1, -0.05) is 55.0 Å². The molecule has 0 atom stereocenters. The topological polar surface area (TPSA) is 60.1 Å². The smallest absolute Gasteiger partial charge is 0.296 e. The molecular formula is C29H28N4O2. The molecule has 0 fully saturated rings. The molecule has 6 nitrogen and oxygen atoms in total. The zero-order chi connectivity index (χ0) is 24.7. The van der Waals surface area contributed by atoms with E-state index in [0.717, 1.165) is 34.1 Å². The van der Waals surface area contributed by atoms with Gasteiger partial charge < -0.3 is 9.47 Å². The number of amides is 1. The molecule has 0 aliphatic heterocycles. The molecule has 0 radical (unpaired) electrons. The summed E-state index contributed by atoms with van der Waals surface area (Å²) in [6.45, 7) is 6.59. The summed E-state index contributed by atoms with van der Waals surface area (Å²) in [4.78, 5) is 29.7. The maximum Gasteiger partial charge on any atom is 0.296 e. The number of anilines is 1. The quantitative estimate of drug-likeness (QED) is 0.343. The zero-order valence-corrected chi connectivity index (χ0v) is 20.4. The van der Waals surface area contributed by atoms with Gasteiger partial charge in [-0.3, -0.25) is 9.59 Å². The van der Waals surface area contributed by atoms with Crippen LogP contribution in [0.2, 0.25) is 0 Å². The molecule has 0 unspecified atom stereocenters. The number of benzene rings is 3. The Bertz CT molecular complexity index is 1630. The van der Waals surface area contributed by atoms with E-state index in [9.17, 15) is 9.59 Å². The highest BCUT2D eigenvalue weighted by atomic mass is 16.2. The van der Waals surface area contributed by atoms with Crippen molar-refractivity contribution in [1.82, 2.24) is 14.3 Å². The number of fused-ring (bicyclic) bond motifs is 3. The van der Waals surface area contributed by atoms with Crippen molar-refractivity contribution in [3.63, 3.8) is 0 Å². The predicted octanol–water partition coefficient (Wildman–Crippen LogP) is 5.55. The van der Waals surface area contributed by atoms with E-state index in [2.05, 4.69) is 0 Å². The summed E-state index contributed by atoms with van der Waals surface area (Å²) in [7, 11) is 1.87. The summed E-state index contributed by atoms with van der Waals surface area (Å²) in [6, 6.07) is 23.3. The molecule has 35 heavy (non-hydrogen) atoms. The van der Waals surface area contributed by atoms with Gasteiger partial charge in [-0.25, -0.2) is 0 Å². The molecule has 0 aliphatic carbocycles. The van der Waals surface area contributed by atoms with E-state index < -0.39 is 0 Å². The van der Waals surface area contributed by atoms with E-state index in [1.807, 2.05) is 105 Å². The monoisotopic (exact) mass is 464 g/mol. The molecule has 0 bridgehead atoms. The highest BCUT2D eigenvalue weighted by Crippen LogP contribution is 2.30. The highest BCUT2D eigenvalue weighted by Gasteiger charge is 2.27. The van der Waals surface area contributed by atoms with Crippen LogP contribution in [0.25, 0.3) is 27.5 Å². The number of hydrogen-bond acceptors (Lipinski definition) is 3. The minimum Gasteiger partial charge on any atom is -0.339 e. The lowest BCUT2D eigenvalue weighted by Crippen LogP contribution is -2.35. The fourth-order valence-corrected chi connectivity index (χ4v) is 4.68.